The lowest BCUT2D eigenvalue weighted by molar-refractivity contribution is 0.422. The quantitative estimate of drug-likeness (QED) is 0.855. The van der Waals surface area contributed by atoms with Crippen LogP contribution in [0.3, 0.4) is 0 Å². The fourth-order valence-electron chi connectivity index (χ4n) is 1.69. The molecule has 0 saturated heterocycles. The predicted octanol–water partition coefficient (Wildman–Crippen LogP) is 1.79. The first-order valence-electron chi connectivity index (χ1n) is 5.69. The Morgan fingerprint density at radius 1 is 1.35 bits per heavy atom. The minimum atomic E-state index is 0.0277. The molecule has 1 unspecified atom stereocenters. The molecule has 17 heavy (non-hydrogen) atoms. The number of rotatable bonds is 5. The Bertz CT molecular complexity index is 502. The minimum Gasteiger partial charge on any atom is -0.468 e. The molecule has 1 N–H and O–H groups in total. The van der Waals surface area contributed by atoms with Gasteiger partial charge in [0, 0.05) is 25.4 Å². The summed E-state index contributed by atoms with van der Waals surface area (Å²) in [5, 5.41) is 3.31. The average Bonchev–Trinajstić information content (AvgIpc) is 2.85. The predicted molar refractivity (Wildman–Crippen MR) is 65.8 cm³/mol. The lowest BCUT2D eigenvalue weighted by atomic mass is 10.2. The van der Waals surface area contributed by atoms with Crippen LogP contribution in [0, 0.1) is 0 Å². The van der Waals surface area contributed by atoms with E-state index in [9.17, 15) is 4.79 Å². The van der Waals surface area contributed by atoms with Crippen molar-refractivity contribution in [2.75, 3.05) is 6.54 Å². The molecule has 0 fully saturated rings. The molecular formula is C13H16N2O2. The third kappa shape index (κ3) is 3.07. The van der Waals surface area contributed by atoms with Crippen molar-refractivity contribution >= 4 is 0 Å². The standard InChI is InChI=1S/C13H16N2O2/c1-11(12-5-4-10-17-12)14-7-9-15-8-3-2-6-13(15)16/h2-6,8,10-11,14H,7,9H2,1H3. The maximum Gasteiger partial charge on any atom is 0.250 e. The molecule has 4 nitrogen and oxygen atoms in total. The summed E-state index contributed by atoms with van der Waals surface area (Å²) in [4.78, 5) is 11.4. The van der Waals surface area contributed by atoms with Crippen LogP contribution >= 0.6 is 0 Å². The molecule has 0 radical (unpaired) electrons. The second-order valence-corrected chi connectivity index (χ2v) is 3.92. The van der Waals surface area contributed by atoms with Crippen molar-refractivity contribution in [3.05, 3.63) is 58.9 Å². The summed E-state index contributed by atoms with van der Waals surface area (Å²) >= 11 is 0. The molecule has 2 aromatic rings. The van der Waals surface area contributed by atoms with Gasteiger partial charge in [-0.15, -0.1) is 0 Å². The molecule has 0 aromatic carbocycles. The van der Waals surface area contributed by atoms with Crippen LogP contribution in [0.1, 0.15) is 18.7 Å². The van der Waals surface area contributed by atoms with Gasteiger partial charge >= 0.3 is 0 Å². The molecule has 1 atom stereocenters. The van der Waals surface area contributed by atoms with E-state index in [0.717, 1.165) is 12.3 Å². The molecule has 0 aliphatic rings. The zero-order chi connectivity index (χ0) is 12.1. The fourth-order valence-corrected chi connectivity index (χ4v) is 1.69. The van der Waals surface area contributed by atoms with Crippen LogP contribution in [0.2, 0.25) is 0 Å². The molecule has 90 valence electrons. The van der Waals surface area contributed by atoms with Crippen molar-refractivity contribution in [1.82, 2.24) is 9.88 Å². The SMILES string of the molecule is CC(NCCn1ccccc1=O)c1ccco1. The van der Waals surface area contributed by atoms with E-state index in [4.69, 9.17) is 4.42 Å². The lowest BCUT2D eigenvalue weighted by Crippen LogP contribution is -2.27. The van der Waals surface area contributed by atoms with Crippen molar-refractivity contribution in [1.29, 1.82) is 0 Å². The van der Waals surface area contributed by atoms with E-state index in [-0.39, 0.29) is 11.6 Å². The van der Waals surface area contributed by atoms with Gasteiger partial charge < -0.3 is 14.3 Å². The summed E-state index contributed by atoms with van der Waals surface area (Å²) in [7, 11) is 0. The van der Waals surface area contributed by atoms with Gasteiger partial charge in [-0.2, -0.15) is 0 Å². The van der Waals surface area contributed by atoms with Crippen molar-refractivity contribution in [3.63, 3.8) is 0 Å². The van der Waals surface area contributed by atoms with Crippen molar-refractivity contribution in [2.45, 2.75) is 19.5 Å². The third-order valence-electron chi connectivity index (χ3n) is 2.67. The van der Waals surface area contributed by atoms with Gasteiger partial charge in [-0.25, -0.2) is 0 Å². The highest BCUT2D eigenvalue weighted by molar-refractivity contribution is 5.02. The maximum absolute atomic E-state index is 11.4. The maximum atomic E-state index is 11.4. The van der Waals surface area contributed by atoms with Crippen LogP contribution in [0.25, 0.3) is 0 Å². The summed E-state index contributed by atoms with van der Waals surface area (Å²) < 4.78 is 6.97. The Labute approximate surface area is 99.9 Å². The first-order chi connectivity index (χ1) is 8.27. The number of nitrogens with one attached hydrogen (secondary N) is 1. The van der Waals surface area contributed by atoms with E-state index < -0.39 is 0 Å². The monoisotopic (exact) mass is 232 g/mol. The van der Waals surface area contributed by atoms with Crippen LogP contribution in [0.15, 0.2) is 52.0 Å². The van der Waals surface area contributed by atoms with Gasteiger partial charge in [-0.05, 0) is 25.1 Å². The van der Waals surface area contributed by atoms with Crippen LogP contribution in [-0.2, 0) is 6.54 Å². The number of nitrogens with zero attached hydrogens (tertiary/aromatic N) is 1. The molecule has 0 bridgehead atoms. The molecule has 0 aliphatic heterocycles. The van der Waals surface area contributed by atoms with E-state index in [1.807, 2.05) is 25.1 Å². The summed E-state index contributed by atoms with van der Waals surface area (Å²) in [6.45, 7) is 3.42. The lowest BCUT2D eigenvalue weighted by Gasteiger charge is -2.11. The van der Waals surface area contributed by atoms with Crippen LogP contribution < -0.4 is 10.9 Å². The van der Waals surface area contributed by atoms with E-state index in [2.05, 4.69) is 5.32 Å². The number of hydrogen-bond donors (Lipinski definition) is 1. The summed E-state index contributed by atoms with van der Waals surface area (Å²) in [5.41, 5.74) is 0.0277. The largest absolute Gasteiger partial charge is 0.468 e. The number of pyridine rings is 1. The molecule has 2 rings (SSSR count). The van der Waals surface area contributed by atoms with Crippen molar-refractivity contribution in [2.24, 2.45) is 0 Å². The topological polar surface area (TPSA) is 47.2 Å². The Balaban J connectivity index is 1.84. The van der Waals surface area contributed by atoms with E-state index in [1.54, 1.807) is 29.2 Å². The van der Waals surface area contributed by atoms with Gasteiger partial charge in [0.25, 0.3) is 5.56 Å². The Kier molecular flexibility index (Phi) is 3.77. The molecule has 0 amide bonds. The third-order valence-corrected chi connectivity index (χ3v) is 2.67. The normalized spacial score (nSPS) is 12.5. The Morgan fingerprint density at radius 3 is 2.94 bits per heavy atom. The highest BCUT2D eigenvalue weighted by atomic mass is 16.3. The Morgan fingerprint density at radius 2 is 2.24 bits per heavy atom. The zero-order valence-corrected chi connectivity index (χ0v) is 9.80. The molecular weight excluding hydrogens is 216 g/mol. The van der Waals surface area contributed by atoms with Crippen LogP contribution in [-0.4, -0.2) is 11.1 Å². The number of aromatic nitrogens is 1. The number of hydrogen-bond acceptors (Lipinski definition) is 3. The summed E-state index contributed by atoms with van der Waals surface area (Å²) in [6.07, 6.45) is 3.46. The highest BCUT2D eigenvalue weighted by Crippen LogP contribution is 2.11. The summed E-state index contributed by atoms with van der Waals surface area (Å²) in [5.74, 6) is 0.908. The van der Waals surface area contributed by atoms with E-state index in [0.29, 0.717) is 6.54 Å². The van der Waals surface area contributed by atoms with Crippen LogP contribution in [0.4, 0.5) is 0 Å². The zero-order valence-electron chi connectivity index (χ0n) is 9.80. The van der Waals surface area contributed by atoms with Gasteiger partial charge in [0.1, 0.15) is 5.76 Å². The smallest absolute Gasteiger partial charge is 0.250 e. The van der Waals surface area contributed by atoms with E-state index in [1.165, 1.54) is 0 Å². The van der Waals surface area contributed by atoms with Gasteiger partial charge in [0.15, 0.2) is 0 Å². The first-order valence-corrected chi connectivity index (χ1v) is 5.69. The molecule has 0 spiro atoms. The molecule has 2 heterocycles. The minimum absolute atomic E-state index is 0.0277. The van der Waals surface area contributed by atoms with Gasteiger partial charge in [-0.1, -0.05) is 6.07 Å². The first kappa shape index (κ1) is 11.7. The molecule has 2 aromatic heterocycles. The fraction of sp³-hybridized carbons (Fsp3) is 0.308. The molecule has 0 aliphatic carbocycles. The highest BCUT2D eigenvalue weighted by Gasteiger charge is 2.06. The second-order valence-electron chi connectivity index (χ2n) is 3.92. The van der Waals surface area contributed by atoms with Crippen molar-refractivity contribution < 1.29 is 4.42 Å². The Hall–Kier alpha value is -1.81. The molecule has 4 heteroatoms. The number of furan rings is 1. The van der Waals surface area contributed by atoms with Gasteiger partial charge in [-0.3, -0.25) is 4.79 Å². The van der Waals surface area contributed by atoms with Gasteiger partial charge in [0.05, 0.1) is 12.3 Å². The van der Waals surface area contributed by atoms with E-state index >= 15 is 0 Å². The molecule has 0 saturated carbocycles. The van der Waals surface area contributed by atoms with Crippen molar-refractivity contribution in [3.8, 4) is 0 Å². The van der Waals surface area contributed by atoms with Gasteiger partial charge in [0.2, 0.25) is 0 Å². The second kappa shape index (κ2) is 5.50. The average molecular weight is 232 g/mol. The summed E-state index contributed by atoms with van der Waals surface area (Å²) in [6, 6.07) is 9.14. The van der Waals surface area contributed by atoms with Crippen LogP contribution in [0.5, 0.6) is 0 Å².